The Morgan fingerprint density at radius 3 is 2.44 bits per heavy atom. The van der Waals surface area contributed by atoms with Crippen LogP contribution in [0.1, 0.15) is 27.9 Å². The van der Waals surface area contributed by atoms with Gasteiger partial charge in [-0.15, -0.1) is 0 Å². The number of nitrogens with zero attached hydrogens (tertiary/aromatic N) is 3. The number of benzene rings is 2. The highest BCUT2D eigenvalue weighted by atomic mass is 32.2. The number of nitrogens with two attached hydrogens (primary N) is 1. The average molecular weight is 376 g/mol. The zero-order chi connectivity index (χ0) is 19.2. The van der Waals surface area contributed by atoms with Gasteiger partial charge in [0.2, 0.25) is 0 Å². The third-order valence-electron chi connectivity index (χ3n) is 4.18. The van der Waals surface area contributed by atoms with Crippen LogP contribution in [0.15, 0.2) is 53.7 Å². The van der Waals surface area contributed by atoms with E-state index in [-0.39, 0.29) is 18.0 Å². The fourth-order valence-electron chi connectivity index (χ4n) is 2.57. The standard InChI is InChI=1S/C21H20N4OS/c1-14-7-3-5-9-16(14)13-27-21-24-18(17(11-22)20(23)25-21)12-26-19-10-6-4-8-15(19)2/h3-10H,12-13H2,1-2H3,(H2,23,24,25). The molecule has 0 amide bonds. The van der Waals surface area contributed by atoms with Crippen LogP contribution in [0.4, 0.5) is 5.82 Å². The number of aromatic nitrogens is 2. The van der Waals surface area contributed by atoms with Crippen LogP contribution in [0.5, 0.6) is 5.75 Å². The summed E-state index contributed by atoms with van der Waals surface area (Å²) in [4.78, 5) is 8.79. The maximum absolute atomic E-state index is 9.41. The molecule has 0 atom stereocenters. The molecule has 0 aliphatic heterocycles. The monoisotopic (exact) mass is 376 g/mol. The molecule has 6 heteroatoms. The highest BCUT2D eigenvalue weighted by molar-refractivity contribution is 7.98. The molecule has 2 aromatic carbocycles. The summed E-state index contributed by atoms with van der Waals surface area (Å²) >= 11 is 1.49. The zero-order valence-corrected chi connectivity index (χ0v) is 16.1. The summed E-state index contributed by atoms with van der Waals surface area (Å²) in [6, 6.07) is 18.0. The fraction of sp³-hybridized carbons (Fsp3) is 0.190. The lowest BCUT2D eigenvalue weighted by molar-refractivity contribution is 0.297. The van der Waals surface area contributed by atoms with E-state index in [1.165, 1.54) is 22.9 Å². The zero-order valence-electron chi connectivity index (χ0n) is 15.3. The van der Waals surface area contributed by atoms with Gasteiger partial charge in [0.15, 0.2) is 5.16 Å². The van der Waals surface area contributed by atoms with Crippen LogP contribution >= 0.6 is 11.8 Å². The Hall–Kier alpha value is -3.04. The van der Waals surface area contributed by atoms with E-state index in [0.717, 1.165) is 17.1 Å². The van der Waals surface area contributed by atoms with Gasteiger partial charge < -0.3 is 10.5 Å². The van der Waals surface area contributed by atoms with Gasteiger partial charge in [-0.25, -0.2) is 9.97 Å². The first-order chi connectivity index (χ1) is 13.1. The van der Waals surface area contributed by atoms with Gasteiger partial charge in [-0.05, 0) is 36.6 Å². The number of aryl methyl sites for hydroxylation is 2. The second-order valence-electron chi connectivity index (χ2n) is 6.09. The third-order valence-corrected chi connectivity index (χ3v) is 5.08. The van der Waals surface area contributed by atoms with Crippen molar-refractivity contribution in [2.75, 3.05) is 5.73 Å². The Kier molecular flexibility index (Phi) is 5.94. The molecule has 0 saturated heterocycles. The molecule has 0 aliphatic rings. The van der Waals surface area contributed by atoms with Gasteiger partial charge in [0.05, 0.1) is 0 Å². The first kappa shape index (κ1) is 18.7. The predicted molar refractivity (Wildman–Crippen MR) is 107 cm³/mol. The number of nitriles is 1. The maximum Gasteiger partial charge on any atom is 0.190 e. The van der Waals surface area contributed by atoms with Crippen molar-refractivity contribution in [1.29, 1.82) is 5.26 Å². The molecule has 136 valence electrons. The summed E-state index contributed by atoms with van der Waals surface area (Å²) in [7, 11) is 0. The number of thioether (sulfide) groups is 1. The molecule has 3 aromatic rings. The molecule has 0 fully saturated rings. The first-order valence-electron chi connectivity index (χ1n) is 8.50. The van der Waals surface area contributed by atoms with Gasteiger partial charge in [0, 0.05) is 5.75 Å². The minimum absolute atomic E-state index is 0.165. The van der Waals surface area contributed by atoms with Gasteiger partial charge in [-0.2, -0.15) is 5.26 Å². The molecular formula is C21H20N4OS. The molecule has 27 heavy (non-hydrogen) atoms. The maximum atomic E-state index is 9.41. The fourth-order valence-corrected chi connectivity index (χ4v) is 3.52. The predicted octanol–water partition coefficient (Wildman–Crippen LogP) is 4.42. The molecule has 0 bridgehead atoms. The van der Waals surface area contributed by atoms with E-state index in [9.17, 15) is 5.26 Å². The van der Waals surface area contributed by atoms with Gasteiger partial charge in [0.1, 0.15) is 35.5 Å². The molecule has 0 radical (unpaired) electrons. The molecule has 2 N–H and O–H groups in total. The average Bonchev–Trinajstić information content (AvgIpc) is 2.66. The highest BCUT2D eigenvalue weighted by Gasteiger charge is 2.14. The normalized spacial score (nSPS) is 10.4. The van der Waals surface area contributed by atoms with Crippen LogP contribution < -0.4 is 10.5 Å². The Morgan fingerprint density at radius 2 is 1.74 bits per heavy atom. The minimum atomic E-state index is 0.165. The number of hydrogen-bond donors (Lipinski definition) is 1. The van der Waals surface area contributed by atoms with Gasteiger partial charge in [-0.3, -0.25) is 0 Å². The van der Waals surface area contributed by atoms with Crippen LogP contribution in [0.2, 0.25) is 0 Å². The first-order valence-corrected chi connectivity index (χ1v) is 9.49. The molecule has 0 spiro atoms. The number of ether oxygens (including phenoxy) is 1. The minimum Gasteiger partial charge on any atom is -0.487 e. The molecule has 0 saturated carbocycles. The molecule has 1 aromatic heterocycles. The number of hydrogen-bond acceptors (Lipinski definition) is 6. The van der Waals surface area contributed by atoms with Crippen LogP contribution in [0.25, 0.3) is 0 Å². The Balaban J connectivity index is 1.80. The van der Waals surface area contributed by atoms with E-state index < -0.39 is 0 Å². The number of rotatable bonds is 6. The van der Waals surface area contributed by atoms with Crippen molar-refractivity contribution in [3.63, 3.8) is 0 Å². The summed E-state index contributed by atoms with van der Waals surface area (Å²) in [5, 5.41) is 9.95. The van der Waals surface area contributed by atoms with Crippen molar-refractivity contribution in [1.82, 2.24) is 9.97 Å². The van der Waals surface area contributed by atoms with Crippen LogP contribution in [-0.2, 0) is 12.4 Å². The highest BCUT2D eigenvalue weighted by Crippen LogP contribution is 2.25. The molecule has 0 aliphatic carbocycles. The Morgan fingerprint density at radius 1 is 1.04 bits per heavy atom. The summed E-state index contributed by atoms with van der Waals surface area (Å²) in [6.45, 7) is 4.21. The number of para-hydroxylation sites is 1. The van der Waals surface area contributed by atoms with Crippen molar-refractivity contribution < 1.29 is 4.74 Å². The van der Waals surface area contributed by atoms with Gasteiger partial charge >= 0.3 is 0 Å². The smallest absolute Gasteiger partial charge is 0.190 e. The van der Waals surface area contributed by atoms with Crippen molar-refractivity contribution in [3.8, 4) is 11.8 Å². The van der Waals surface area contributed by atoms with Gasteiger partial charge in [0.25, 0.3) is 0 Å². The molecule has 3 rings (SSSR count). The van der Waals surface area contributed by atoms with E-state index >= 15 is 0 Å². The van der Waals surface area contributed by atoms with E-state index in [2.05, 4.69) is 35.1 Å². The number of anilines is 1. The van der Waals surface area contributed by atoms with Crippen LogP contribution in [0, 0.1) is 25.2 Å². The van der Waals surface area contributed by atoms with E-state index in [0.29, 0.717) is 10.9 Å². The van der Waals surface area contributed by atoms with Crippen molar-refractivity contribution >= 4 is 17.6 Å². The second-order valence-corrected chi connectivity index (χ2v) is 7.04. The lowest BCUT2D eigenvalue weighted by atomic mass is 10.1. The summed E-state index contributed by atoms with van der Waals surface area (Å²) in [6.07, 6.45) is 0. The summed E-state index contributed by atoms with van der Waals surface area (Å²) < 4.78 is 5.85. The lowest BCUT2D eigenvalue weighted by Gasteiger charge is -2.11. The Bertz CT molecular complexity index is 998. The summed E-state index contributed by atoms with van der Waals surface area (Å²) in [5.41, 5.74) is 10.2. The van der Waals surface area contributed by atoms with Crippen molar-refractivity contribution in [2.45, 2.75) is 31.4 Å². The molecular weight excluding hydrogens is 356 g/mol. The Labute approximate surface area is 163 Å². The van der Waals surface area contributed by atoms with Crippen LogP contribution in [-0.4, -0.2) is 9.97 Å². The topological polar surface area (TPSA) is 84.8 Å². The second kappa shape index (κ2) is 8.56. The largest absolute Gasteiger partial charge is 0.487 e. The van der Waals surface area contributed by atoms with Crippen molar-refractivity contribution in [2.24, 2.45) is 0 Å². The van der Waals surface area contributed by atoms with Gasteiger partial charge in [-0.1, -0.05) is 54.2 Å². The quantitative estimate of drug-likeness (QED) is 0.506. The number of nitrogen functional groups attached to an aromatic ring is 1. The SMILES string of the molecule is Cc1ccccc1CSc1nc(N)c(C#N)c(COc2ccccc2C)n1. The molecule has 1 heterocycles. The van der Waals surface area contributed by atoms with E-state index in [4.69, 9.17) is 10.5 Å². The van der Waals surface area contributed by atoms with E-state index in [1.54, 1.807) is 0 Å². The molecule has 5 nitrogen and oxygen atoms in total. The third kappa shape index (κ3) is 4.57. The van der Waals surface area contributed by atoms with Crippen molar-refractivity contribution in [3.05, 3.63) is 76.5 Å². The van der Waals surface area contributed by atoms with E-state index in [1.807, 2.05) is 43.3 Å². The van der Waals surface area contributed by atoms with Crippen LogP contribution in [0.3, 0.4) is 0 Å². The lowest BCUT2D eigenvalue weighted by Crippen LogP contribution is -2.08. The molecule has 0 unspecified atom stereocenters. The summed E-state index contributed by atoms with van der Waals surface area (Å²) in [5.74, 6) is 1.67.